The number of urea groups is 1. The number of hydrogen-bond donors (Lipinski definition) is 2. The average molecular weight is 410 g/mol. The van der Waals surface area contributed by atoms with Crippen LogP contribution in [0.25, 0.3) is 16.6 Å². The van der Waals surface area contributed by atoms with E-state index in [4.69, 9.17) is 0 Å². The number of para-hydroxylation sites is 2. The van der Waals surface area contributed by atoms with Crippen LogP contribution in [0.2, 0.25) is 0 Å². The van der Waals surface area contributed by atoms with Crippen molar-refractivity contribution in [2.75, 3.05) is 7.05 Å². The fourth-order valence-electron chi connectivity index (χ4n) is 2.92. The molecule has 1 heterocycles. The maximum Gasteiger partial charge on any atom is 0.321 e. The minimum absolute atomic E-state index is 0.196. The molecule has 3 amide bonds. The number of rotatable bonds is 5. The first-order chi connectivity index (χ1) is 14.0. The summed E-state index contributed by atoms with van der Waals surface area (Å²) >= 11 is 1.13. The van der Waals surface area contributed by atoms with Crippen molar-refractivity contribution in [2.45, 2.75) is 30.7 Å². The molecule has 3 aromatic rings. The summed E-state index contributed by atoms with van der Waals surface area (Å²) in [4.78, 5) is 41.8. The number of imide groups is 1. The Morgan fingerprint density at radius 1 is 1.14 bits per heavy atom. The van der Waals surface area contributed by atoms with Gasteiger partial charge in [-0.1, -0.05) is 49.0 Å². The molecule has 0 bridgehead atoms. The predicted molar refractivity (Wildman–Crippen MR) is 115 cm³/mol. The number of amides is 3. The van der Waals surface area contributed by atoms with E-state index in [1.165, 1.54) is 7.05 Å². The van der Waals surface area contributed by atoms with Crippen LogP contribution < -0.4 is 16.2 Å². The van der Waals surface area contributed by atoms with Crippen molar-refractivity contribution in [3.63, 3.8) is 0 Å². The lowest BCUT2D eigenvalue weighted by Crippen LogP contribution is -2.41. The van der Waals surface area contributed by atoms with E-state index in [0.717, 1.165) is 29.4 Å². The van der Waals surface area contributed by atoms with Crippen molar-refractivity contribution < 1.29 is 9.59 Å². The normalized spacial score (nSPS) is 11.8. The molecule has 0 aliphatic carbocycles. The standard InChI is InChI=1S/C21H22N4O3S/c1-4-14-9-5-8-12-17(14)25-19(27)15-10-6-7-11-16(15)23-21(25)29-13(2)18(26)24-20(28)22-3/h5-13H,4H2,1-3H3,(H2,22,24,26,28)/t13-/m1/s1. The van der Waals surface area contributed by atoms with Crippen LogP contribution in [-0.4, -0.2) is 33.8 Å². The topological polar surface area (TPSA) is 93.1 Å². The number of nitrogens with zero attached hydrogens (tertiary/aromatic N) is 2. The molecular formula is C21H22N4O3S. The van der Waals surface area contributed by atoms with Crippen molar-refractivity contribution in [2.24, 2.45) is 0 Å². The fourth-order valence-corrected chi connectivity index (χ4v) is 3.84. The molecule has 0 aliphatic rings. The Labute approximate surface area is 172 Å². The largest absolute Gasteiger partial charge is 0.341 e. The molecule has 0 aliphatic heterocycles. The molecule has 1 atom stereocenters. The van der Waals surface area contributed by atoms with Crippen LogP contribution in [0.3, 0.4) is 0 Å². The summed E-state index contributed by atoms with van der Waals surface area (Å²) in [6, 6.07) is 14.2. The summed E-state index contributed by atoms with van der Waals surface area (Å²) < 4.78 is 1.55. The van der Waals surface area contributed by atoms with Gasteiger partial charge in [0.15, 0.2) is 5.16 Å². The van der Waals surface area contributed by atoms with E-state index in [9.17, 15) is 14.4 Å². The Balaban J connectivity index is 2.14. The van der Waals surface area contributed by atoms with Gasteiger partial charge < -0.3 is 5.32 Å². The van der Waals surface area contributed by atoms with E-state index in [0.29, 0.717) is 16.1 Å². The molecule has 8 heteroatoms. The molecule has 2 aromatic carbocycles. The van der Waals surface area contributed by atoms with Crippen molar-refractivity contribution >= 4 is 34.6 Å². The molecule has 1 aromatic heterocycles. The first-order valence-corrected chi connectivity index (χ1v) is 10.1. The third kappa shape index (κ3) is 4.32. The minimum Gasteiger partial charge on any atom is -0.341 e. The lowest BCUT2D eigenvalue weighted by atomic mass is 10.1. The molecule has 3 rings (SSSR count). The molecule has 2 N–H and O–H groups in total. The lowest BCUT2D eigenvalue weighted by Gasteiger charge is -2.18. The number of benzene rings is 2. The SMILES string of the molecule is CCc1ccccc1-n1c(S[C@H](C)C(=O)NC(=O)NC)nc2ccccc2c1=O. The van der Waals surface area contributed by atoms with E-state index in [1.54, 1.807) is 29.7 Å². The zero-order valence-electron chi connectivity index (χ0n) is 16.4. The zero-order chi connectivity index (χ0) is 21.0. The number of aromatic nitrogens is 2. The van der Waals surface area contributed by atoms with Crippen LogP contribution in [0.1, 0.15) is 19.4 Å². The summed E-state index contributed by atoms with van der Waals surface area (Å²) in [5.74, 6) is -0.466. The first-order valence-electron chi connectivity index (χ1n) is 9.25. The maximum absolute atomic E-state index is 13.3. The van der Waals surface area contributed by atoms with E-state index in [2.05, 4.69) is 15.6 Å². The van der Waals surface area contributed by atoms with E-state index in [-0.39, 0.29) is 5.56 Å². The van der Waals surface area contributed by atoms with E-state index < -0.39 is 17.2 Å². The molecule has 0 spiro atoms. The van der Waals surface area contributed by atoms with Gasteiger partial charge in [-0.05, 0) is 37.1 Å². The summed E-state index contributed by atoms with van der Waals surface area (Å²) in [5, 5.41) is 4.87. The van der Waals surface area contributed by atoms with Gasteiger partial charge in [0.2, 0.25) is 5.91 Å². The third-order valence-electron chi connectivity index (χ3n) is 4.47. The quantitative estimate of drug-likeness (QED) is 0.498. The molecule has 0 fully saturated rings. The monoisotopic (exact) mass is 410 g/mol. The number of fused-ring (bicyclic) bond motifs is 1. The number of nitrogens with one attached hydrogen (secondary N) is 2. The van der Waals surface area contributed by atoms with Gasteiger partial charge in [0.05, 0.1) is 21.8 Å². The molecule has 0 radical (unpaired) electrons. The van der Waals surface area contributed by atoms with Gasteiger partial charge in [-0.15, -0.1) is 0 Å². The minimum atomic E-state index is -0.639. The van der Waals surface area contributed by atoms with Crippen LogP contribution in [0, 0.1) is 0 Å². The van der Waals surface area contributed by atoms with E-state index in [1.807, 2.05) is 37.3 Å². The van der Waals surface area contributed by atoms with Gasteiger partial charge in [0, 0.05) is 7.05 Å². The van der Waals surface area contributed by atoms with Crippen LogP contribution in [-0.2, 0) is 11.2 Å². The smallest absolute Gasteiger partial charge is 0.321 e. The molecule has 150 valence electrons. The van der Waals surface area contributed by atoms with Gasteiger partial charge in [-0.3, -0.25) is 19.5 Å². The summed E-state index contributed by atoms with van der Waals surface area (Å²) in [5.41, 5.74) is 2.10. The Kier molecular flexibility index (Phi) is 6.33. The molecule has 7 nitrogen and oxygen atoms in total. The number of thioether (sulfide) groups is 1. The lowest BCUT2D eigenvalue weighted by molar-refractivity contribution is -0.119. The van der Waals surface area contributed by atoms with Crippen LogP contribution in [0.15, 0.2) is 58.5 Å². The van der Waals surface area contributed by atoms with Gasteiger partial charge in [-0.2, -0.15) is 0 Å². The molecule has 29 heavy (non-hydrogen) atoms. The van der Waals surface area contributed by atoms with Gasteiger partial charge in [0.1, 0.15) is 0 Å². The predicted octanol–water partition coefficient (Wildman–Crippen LogP) is 2.88. The Morgan fingerprint density at radius 2 is 1.83 bits per heavy atom. The van der Waals surface area contributed by atoms with Crippen LogP contribution in [0.5, 0.6) is 0 Å². The van der Waals surface area contributed by atoms with Gasteiger partial charge in [0.25, 0.3) is 5.56 Å². The van der Waals surface area contributed by atoms with Crippen molar-refractivity contribution in [1.29, 1.82) is 0 Å². The molecule has 0 unspecified atom stereocenters. The van der Waals surface area contributed by atoms with Crippen LogP contribution >= 0.6 is 11.8 Å². The molecule has 0 saturated heterocycles. The second-order valence-electron chi connectivity index (χ2n) is 6.36. The van der Waals surface area contributed by atoms with Crippen LogP contribution in [0.4, 0.5) is 4.79 Å². The van der Waals surface area contributed by atoms with Gasteiger partial charge >= 0.3 is 6.03 Å². The highest BCUT2D eigenvalue weighted by Crippen LogP contribution is 2.26. The number of aryl methyl sites for hydroxylation is 1. The van der Waals surface area contributed by atoms with Crippen molar-refractivity contribution in [1.82, 2.24) is 20.2 Å². The molecule has 0 saturated carbocycles. The second kappa shape index (κ2) is 8.91. The molecular weight excluding hydrogens is 388 g/mol. The number of hydrogen-bond acceptors (Lipinski definition) is 5. The summed E-state index contributed by atoms with van der Waals surface area (Å²) in [6.45, 7) is 3.69. The first kappa shape index (κ1) is 20.6. The number of carbonyl (C=O) groups excluding carboxylic acids is 2. The van der Waals surface area contributed by atoms with Crippen molar-refractivity contribution in [3.05, 3.63) is 64.4 Å². The highest BCUT2D eigenvalue weighted by molar-refractivity contribution is 8.00. The number of carbonyl (C=O) groups is 2. The average Bonchev–Trinajstić information content (AvgIpc) is 2.73. The summed E-state index contributed by atoms with van der Waals surface area (Å²) in [6.07, 6.45) is 0.742. The fraction of sp³-hybridized carbons (Fsp3) is 0.238. The maximum atomic E-state index is 13.3. The summed E-state index contributed by atoms with van der Waals surface area (Å²) in [7, 11) is 1.44. The van der Waals surface area contributed by atoms with Crippen molar-refractivity contribution in [3.8, 4) is 5.69 Å². The highest BCUT2D eigenvalue weighted by Gasteiger charge is 2.22. The van der Waals surface area contributed by atoms with E-state index >= 15 is 0 Å². The highest BCUT2D eigenvalue weighted by atomic mass is 32.2. The third-order valence-corrected chi connectivity index (χ3v) is 5.53. The Morgan fingerprint density at radius 3 is 2.55 bits per heavy atom. The Hall–Kier alpha value is -3.13. The zero-order valence-corrected chi connectivity index (χ0v) is 17.2. The second-order valence-corrected chi connectivity index (χ2v) is 7.67. The Bertz CT molecular complexity index is 1130. The van der Waals surface area contributed by atoms with Gasteiger partial charge in [-0.25, -0.2) is 9.78 Å².